The van der Waals surface area contributed by atoms with Crippen LogP contribution in [-0.4, -0.2) is 27.8 Å². The minimum Gasteiger partial charge on any atom is -0.476 e. The number of anilines is 1. The molecule has 0 radical (unpaired) electrons. The number of carbonyl (C=O) groups is 2. The van der Waals surface area contributed by atoms with Gasteiger partial charge in [-0.05, 0) is 33.6 Å². The Morgan fingerprint density at radius 1 is 1.40 bits per heavy atom. The SMILES string of the molecule is CC(C)(C)OC(=O)Nc1sc(C2CCC2)nc1C(=O)O. The van der Waals surface area contributed by atoms with Crippen molar-refractivity contribution < 1.29 is 19.4 Å². The molecule has 1 heterocycles. The fraction of sp³-hybridized carbons (Fsp3) is 0.615. The number of thiazole rings is 1. The standard InChI is InChI=1S/C13H18N2O4S/c1-13(2,3)19-12(18)15-10-8(11(16)17)14-9(20-10)7-5-4-6-7/h7H,4-6H2,1-3H3,(H,15,18)(H,16,17). The summed E-state index contributed by atoms with van der Waals surface area (Å²) in [7, 11) is 0. The van der Waals surface area contributed by atoms with Gasteiger partial charge in [-0.15, -0.1) is 0 Å². The van der Waals surface area contributed by atoms with Gasteiger partial charge in [0.05, 0.1) is 5.01 Å². The average molecular weight is 298 g/mol. The van der Waals surface area contributed by atoms with E-state index in [9.17, 15) is 9.59 Å². The fourth-order valence-corrected chi connectivity index (χ4v) is 2.90. The van der Waals surface area contributed by atoms with Crippen molar-refractivity contribution in [1.29, 1.82) is 0 Å². The first kappa shape index (κ1) is 14.8. The molecule has 7 heteroatoms. The number of aromatic nitrogens is 1. The molecule has 0 atom stereocenters. The molecular weight excluding hydrogens is 280 g/mol. The van der Waals surface area contributed by atoms with Crippen molar-refractivity contribution in [2.24, 2.45) is 0 Å². The number of amides is 1. The Hall–Kier alpha value is -1.63. The van der Waals surface area contributed by atoms with Crippen LogP contribution >= 0.6 is 11.3 Å². The van der Waals surface area contributed by atoms with E-state index in [1.165, 1.54) is 11.3 Å². The van der Waals surface area contributed by atoms with Crippen LogP contribution in [0.2, 0.25) is 0 Å². The van der Waals surface area contributed by atoms with Gasteiger partial charge in [-0.1, -0.05) is 17.8 Å². The third-order valence-electron chi connectivity index (χ3n) is 2.92. The van der Waals surface area contributed by atoms with Crippen molar-refractivity contribution in [2.75, 3.05) is 5.32 Å². The largest absolute Gasteiger partial charge is 0.476 e. The molecule has 0 spiro atoms. The molecule has 1 aromatic rings. The molecular formula is C13H18N2O4S. The maximum absolute atomic E-state index is 11.7. The van der Waals surface area contributed by atoms with Gasteiger partial charge in [0.2, 0.25) is 0 Å². The van der Waals surface area contributed by atoms with Crippen LogP contribution in [0.1, 0.15) is 61.4 Å². The van der Waals surface area contributed by atoms with E-state index in [1.54, 1.807) is 20.8 Å². The van der Waals surface area contributed by atoms with E-state index in [0.717, 1.165) is 24.3 Å². The molecule has 20 heavy (non-hydrogen) atoms. The molecule has 0 unspecified atom stereocenters. The van der Waals surface area contributed by atoms with Gasteiger partial charge in [0, 0.05) is 5.92 Å². The number of hydrogen-bond donors (Lipinski definition) is 2. The summed E-state index contributed by atoms with van der Waals surface area (Å²) in [5.41, 5.74) is -0.739. The summed E-state index contributed by atoms with van der Waals surface area (Å²) in [5.74, 6) is -0.815. The molecule has 6 nitrogen and oxygen atoms in total. The van der Waals surface area contributed by atoms with Gasteiger partial charge in [0.25, 0.3) is 0 Å². The molecule has 0 aliphatic heterocycles. The summed E-state index contributed by atoms with van der Waals surface area (Å²) < 4.78 is 5.12. The Morgan fingerprint density at radius 2 is 2.05 bits per heavy atom. The van der Waals surface area contributed by atoms with E-state index >= 15 is 0 Å². The Labute approximate surface area is 121 Å². The number of carboxylic acid groups (broad SMARTS) is 1. The second-order valence-electron chi connectivity index (χ2n) is 5.79. The summed E-state index contributed by atoms with van der Waals surface area (Å²) in [4.78, 5) is 27.0. The van der Waals surface area contributed by atoms with Crippen LogP contribution in [0.4, 0.5) is 9.80 Å². The average Bonchev–Trinajstić information content (AvgIpc) is 2.55. The number of hydrogen-bond acceptors (Lipinski definition) is 5. The van der Waals surface area contributed by atoms with Crippen LogP contribution in [0, 0.1) is 0 Å². The predicted octanol–water partition coefficient (Wildman–Crippen LogP) is 3.46. The van der Waals surface area contributed by atoms with Crippen LogP contribution in [0.5, 0.6) is 0 Å². The van der Waals surface area contributed by atoms with Gasteiger partial charge >= 0.3 is 12.1 Å². The van der Waals surface area contributed by atoms with Gasteiger partial charge in [-0.3, -0.25) is 5.32 Å². The molecule has 2 N–H and O–H groups in total. The maximum Gasteiger partial charge on any atom is 0.412 e. The first-order chi connectivity index (χ1) is 9.26. The Bertz CT molecular complexity index is 529. The quantitative estimate of drug-likeness (QED) is 0.892. The number of rotatable bonds is 3. The predicted molar refractivity (Wildman–Crippen MR) is 75.5 cm³/mol. The first-order valence-electron chi connectivity index (χ1n) is 6.50. The number of nitrogens with one attached hydrogen (secondary N) is 1. The second-order valence-corrected chi connectivity index (χ2v) is 6.82. The van der Waals surface area contributed by atoms with Crippen molar-refractivity contribution in [3.63, 3.8) is 0 Å². The Morgan fingerprint density at radius 3 is 2.50 bits per heavy atom. The Kier molecular flexibility index (Phi) is 3.99. The van der Waals surface area contributed by atoms with Crippen molar-refractivity contribution in [3.05, 3.63) is 10.7 Å². The van der Waals surface area contributed by atoms with Crippen molar-refractivity contribution in [3.8, 4) is 0 Å². The third kappa shape index (κ3) is 3.47. The summed E-state index contributed by atoms with van der Waals surface area (Å²) in [6, 6.07) is 0. The first-order valence-corrected chi connectivity index (χ1v) is 7.32. The molecule has 1 saturated carbocycles. The lowest BCUT2D eigenvalue weighted by Crippen LogP contribution is -2.27. The van der Waals surface area contributed by atoms with Crippen molar-refractivity contribution in [2.45, 2.75) is 51.6 Å². The highest BCUT2D eigenvalue weighted by Crippen LogP contribution is 2.40. The smallest absolute Gasteiger partial charge is 0.412 e. The number of carbonyl (C=O) groups excluding carboxylic acids is 1. The molecule has 0 saturated heterocycles. The van der Waals surface area contributed by atoms with Crippen LogP contribution < -0.4 is 5.32 Å². The van der Waals surface area contributed by atoms with Crippen molar-refractivity contribution in [1.82, 2.24) is 4.98 Å². The van der Waals surface area contributed by atoms with Crippen LogP contribution in [0.25, 0.3) is 0 Å². The molecule has 0 aromatic carbocycles. The zero-order valence-corrected chi connectivity index (χ0v) is 12.5. The van der Waals surface area contributed by atoms with Crippen molar-refractivity contribution >= 4 is 28.4 Å². The minimum absolute atomic E-state index is 0.109. The molecule has 0 bridgehead atoms. The highest BCUT2D eigenvalue weighted by atomic mass is 32.1. The molecule has 1 aromatic heterocycles. The van der Waals surface area contributed by atoms with Crippen LogP contribution in [-0.2, 0) is 4.74 Å². The van der Waals surface area contributed by atoms with E-state index in [2.05, 4.69) is 10.3 Å². The second kappa shape index (κ2) is 5.40. The highest BCUT2D eigenvalue weighted by molar-refractivity contribution is 7.16. The monoisotopic (exact) mass is 298 g/mol. The van der Waals surface area contributed by atoms with Gasteiger partial charge < -0.3 is 9.84 Å². The number of carboxylic acids is 1. The van der Waals surface area contributed by atoms with E-state index in [-0.39, 0.29) is 10.7 Å². The summed E-state index contributed by atoms with van der Waals surface area (Å²) in [5, 5.41) is 12.7. The summed E-state index contributed by atoms with van der Waals surface area (Å²) in [6.07, 6.45) is 2.53. The van der Waals surface area contributed by atoms with E-state index < -0.39 is 17.7 Å². The molecule has 1 amide bonds. The number of nitrogens with zero attached hydrogens (tertiary/aromatic N) is 1. The third-order valence-corrected chi connectivity index (χ3v) is 4.05. The molecule has 2 rings (SSSR count). The van der Waals surface area contributed by atoms with Gasteiger partial charge in [-0.2, -0.15) is 0 Å². The number of ether oxygens (including phenoxy) is 1. The van der Waals surface area contributed by atoms with Gasteiger partial charge in [0.1, 0.15) is 10.6 Å². The fourth-order valence-electron chi connectivity index (χ4n) is 1.79. The lowest BCUT2D eigenvalue weighted by atomic mass is 9.86. The highest BCUT2D eigenvalue weighted by Gasteiger charge is 2.28. The van der Waals surface area contributed by atoms with Crippen LogP contribution in [0.15, 0.2) is 0 Å². The minimum atomic E-state index is -1.14. The summed E-state index contributed by atoms with van der Waals surface area (Å²) >= 11 is 1.22. The van der Waals surface area contributed by atoms with Gasteiger partial charge in [0.15, 0.2) is 5.69 Å². The normalized spacial score (nSPS) is 15.6. The summed E-state index contributed by atoms with van der Waals surface area (Å²) in [6.45, 7) is 5.24. The van der Waals surface area contributed by atoms with E-state index in [0.29, 0.717) is 5.92 Å². The molecule has 1 aliphatic carbocycles. The number of aromatic carboxylic acids is 1. The zero-order chi connectivity index (χ0) is 14.9. The molecule has 1 aliphatic rings. The zero-order valence-electron chi connectivity index (χ0n) is 11.7. The lowest BCUT2D eigenvalue weighted by Gasteiger charge is -2.22. The van der Waals surface area contributed by atoms with E-state index in [4.69, 9.17) is 9.84 Å². The van der Waals surface area contributed by atoms with Gasteiger partial charge in [-0.25, -0.2) is 14.6 Å². The maximum atomic E-state index is 11.7. The van der Waals surface area contributed by atoms with E-state index in [1.807, 2.05) is 0 Å². The van der Waals surface area contributed by atoms with Crippen LogP contribution in [0.3, 0.4) is 0 Å². The lowest BCUT2D eigenvalue weighted by molar-refractivity contribution is 0.0636. The molecule has 110 valence electrons. The molecule has 1 fully saturated rings. The Balaban J connectivity index is 2.15. The topological polar surface area (TPSA) is 88.5 Å².